The minimum atomic E-state index is -1.06. The molecule has 102 valence electrons. The first-order valence-electron chi connectivity index (χ1n) is 5.72. The molecule has 0 bridgehead atoms. The van der Waals surface area contributed by atoms with Crippen molar-refractivity contribution in [3.8, 4) is 0 Å². The molecule has 2 aromatic heterocycles. The molecule has 0 fully saturated rings. The number of rotatable bonds is 5. The van der Waals surface area contributed by atoms with Crippen LogP contribution in [-0.4, -0.2) is 46.5 Å². The topological polar surface area (TPSA) is 86.9 Å². The smallest absolute Gasteiger partial charge is 0.356 e. The number of nitrogens with zero attached hydrogens (tertiary/aromatic N) is 3. The van der Waals surface area contributed by atoms with Gasteiger partial charge in [0.1, 0.15) is 0 Å². The summed E-state index contributed by atoms with van der Waals surface area (Å²) < 4.78 is 1.52. The quantitative estimate of drug-likeness (QED) is 0.841. The van der Waals surface area contributed by atoms with Crippen LogP contribution >= 0.6 is 11.3 Å². The second kappa shape index (κ2) is 5.27. The van der Waals surface area contributed by atoms with E-state index in [1.807, 2.05) is 6.92 Å². The maximum absolute atomic E-state index is 11.5. The van der Waals surface area contributed by atoms with Gasteiger partial charge in [0.2, 0.25) is 5.91 Å². The highest BCUT2D eigenvalue weighted by atomic mass is 32.1. The van der Waals surface area contributed by atoms with Gasteiger partial charge < -0.3 is 15.3 Å². The predicted molar refractivity (Wildman–Crippen MR) is 72.0 cm³/mol. The maximum Gasteiger partial charge on any atom is 0.356 e. The van der Waals surface area contributed by atoms with E-state index in [1.54, 1.807) is 23.5 Å². The number of fused-ring (bicyclic) bond motifs is 1. The van der Waals surface area contributed by atoms with E-state index < -0.39 is 5.97 Å². The number of hydrogen-bond acceptors (Lipinski definition) is 5. The minimum absolute atomic E-state index is 0.0815. The van der Waals surface area contributed by atoms with Gasteiger partial charge in [0, 0.05) is 25.2 Å². The third-order valence-electron chi connectivity index (χ3n) is 2.74. The van der Waals surface area contributed by atoms with Crippen molar-refractivity contribution >= 4 is 34.0 Å². The van der Waals surface area contributed by atoms with Crippen molar-refractivity contribution in [1.29, 1.82) is 0 Å². The van der Waals surface area contributed by atoms with Crippen LogP contribution in [0.3, 0.4) is 0 Å². The number of hydrogen-bond donors (Lipinski definition) is 2. The number of imidazole rings is 1. The molecule has 0 aliphatic rings. The fourth-order valence-electron chi connectivity index (χ4n) is 1.78. The predicted octanol–water partition coefficient (Wildman–Crippen LogP) is 0.666. The highest BCUT2D eigenvalue weighted by Crippen LogP contribution is 2.24. The lowest BCUT2D eigenvalue weighted by Gasteiger charge is -2.19. The van der Waals surface area contributed by atoms with Crippen LogP contribution in [0.2, 0.25) is 0 Å². The van der Waals surface area contributed by atoms with E-state index in [-0.39, 0.29) is 18.1 Å². The Labute approximate surface area is 113 Å². The Bertz CT molecular complexity index is 619. The average molecular weight is 282 g/mol. The molecule has 0 saturated heterocycles. The van der Waals surface area contributed by atoms with Crippen molar-refractivity contribution in [1.82, 2.24) is 14.7 Å². The van der Waals surface area contributed by atoms with Gasteiger partial charge in [0.15, 0.2) is 16.5 Å². The molecule has 0 spiro atoms. The summed E-state index contributed by atoms with van der Waals surface area (Å²) in [5.74, 6) is -0.920. The summed E-state index contributed by atoms with van der Waals surface area (Å²) in [6, 6.07) is 0. The Morgan fingerprint density at radius 1 is 1.58 bits per heavy atom. The molecule has 2 N–H and O–H groups in total. The number of thiazole rings is 1. The number of likely N-dealkylation sites (N-methyl/N-ethyl adjacent to an activating group) is 2. The van der Waals surface area contributed by atoms with Gasteiger partial charge in [-0.3, -0.25) is 9.20 Å². The minimum Gasteiger partial charge on any atom is -0.476 e. The van der Waals surface area contributed by atoms with Gasteiger partial charge in [-0.2, -0.15) is 0 Å². The highest BCUT2D eigenvalue weighted by molar-refractivity contribution is 7.15. The van der Waals surface area contributed by atoms with Gasteiger partial charge in [0.25, 0.3) is 0 Å². The van der Waals surface area contributed by atoms with Crippen LogP contribution in [0.15, 0.2) is 11.6 Å². The molecule has 0 aliphatic heterocycles. The Morgan fingerprint density at radius 3 is 2.89 bits per heavy atom. The molecule has 1 amide bonds. The summed E-state index contributed by atoms with van der Waals surface area (Å²) in [6.45, 7) is 2.43. The second-order valence-electron chi connectivity index (χ2n) is 3.83. The van der Waals surface area contributed by atoms with Gasteiger partial charge in [0.05, 0.1) is 6.54 Å². The lowest BCUT2D eigenvalue weighted by molar-refractivity contribution is -0.119. The van der Waals surface area contributed by atoms with Gasteiger partial charge in [-0.25, -0.2) is 9.78 Å². The molecule has 8 heteroatoms. The first-order valence-corrected chi connectivity index (χ1v) is 6.60. The molecule has 0 radical (unpaired) electrons. The summed E-state index contributed by atoms with van der Waals surface area (Å²) in [7, 11) is 1.54. The fourth-order valence-corrected chi connectivity index (χ4v) is 2.49. The van der Waals surface area contributed by atoms with Crippen molar-refractivity contribution in [3.05, 3.63) is 17.3 Å². The van der Waals surface area contributed by atoms with Crippen molar-refractivity contribution < 1.29 is 14.7 Å². The van der Waals surface area contributed by atoms with Gasteiger partial charge >= 0.3 is 5.97 Å². The first kappa shape index (κ1) is 13.3. The number of anilines is 1. The van der Waals surface area contributed by atoms with E-state index in [0.717, 1.165) is 0 Å². The summed E-state index contributed by atoms with van der Waals surface area (Å²) >= 11 is 1.35. The van der Waals surface area contributed by atoms with Gasteiger partial charge in [-0.1, -0.05) is 0 Å². The molecule has 2 aromatic rings. The third-order valence-corrected chi connectivity index (χ3v) is 3.50. The number of carboxylic acids is 1. The second-order valence-corrected chi connectivity index (χ2v) is 4.71. The Morgan fingerprint density at radius 2 is 2.32 bits per heavy atom. The normalized spacial score (nSPS) is 10.6. The Balaban J connectivity index is 2.47. The first-order chi connectivity index (χ1) is 9.08. The molecular weight excluding hydrogens is 268 g/mol. The molecule has 0 aromatic carbocycles. The molecule has 2 rings (SSSR count). The van der Waals surface area contributed by atoms with Crippen molar-refractivity contribution in [2.75, 3.05) is 25.0 Å². The lowest BCUT2D eigenvalue weighted by atomic mass is 10.3. The molecule has 7 nitrogen and oxygen atoms in total. The van der Waals surface area contributed by atoms with Crippen molar-refractivity contribution in [3.63, 3.8) is 0 Å². The number of aromatic nitrogens is 2. The van der Waals surface area contributed by atoms with Crippen LogP contribution in [0.25, 0.3) is 4.96 Å². The number of nitrogens with one attached hydrogen (secondary N) is 1. The molecule has 0 atom stereocenters. The van der Waals surface area contributed by atoms with Crippen LogP contribution < -0.4 is 10.2 Å². The molecular formula is C11H14N4O3S. The van der Waals surface area contributed by atoms with E-state index >= 15 is 0 Å². The highest BCUT2D eigenvalue weighted by Gasteiger charge is 2.24. The van der Waals surface area contributed by atoms with E-state index in [0.29, 0.717) is 17.3 Å². The van der Waals surface area contributed by atoms with Crippen molar-refractivity contribution in [2.45, 2.75) is 6.92 Å². The van der Waals surface area contributed by atoms with Gasteiger partial charge in [-0.15, -0.1) is 11.3 Å². The Hall–Kier alpha value is -2.09. The van der Waals surface area contributed by atoms with E-state index in [1.165, 1.54) is 15.7 Å². The maximum atomic E-state index is 11.5. The zero-order valence-electron chi connectivity index (χ0n) is 10.6. The summed E-state index contributed by atoms with van der Waals surface area (Å²) in [6.07, 6.45) is 1.66. The standard InChI is InChI=1S/C11H14N4O3S/c1-3-14(6-7(16)12-2)9-8(10(17)18)15-4-5-19-11(15)13-9/h4-5H,3,6H2,1-2H3,(H,12,16)(H,17,18). The van der Waals surface area contributed by atoms with Crippen LogP contribution in [0.4, 0.5) is 5.82 Å². The lowest BCUT2D eigenvalue weighted by Crippen LogP contribution is -2.36. The molecule has 0 aliphatic carbocycles. The third kappa shape index (κ3) is 2.39. The summed E-state index contributed by atoms with van der Waals surface area (Å²) in [5.41, 5.74) is 0.0852. The molecule has 2 heterocycles. The molecule has 19 heavy (non-hydrogen) atoms. The van der Waals surface area contributed by atoms with E-state index in [4.69, 9.17) is 0 Å². The van der Waals surface area contributed by atoms with Crippen LogP contribution in [0, 0.1) is 0 Å². The van der Waals surface area contributed by atoms with Crippen LogP contribution in [0.1, 0.15) is 17.4 Å². The molecule has 0 unspecified atom stereocenters. The summed E-state index contributed by atoms with van der Waals surface area (Å²) in [4.78, 5) is 29.4. The largest absolute Gasteiger partial charge is 0.476 e. The average Bonchev–Trinajstić information content (AvgIpc) is 2.94. The van der Waals surface area contributed by atoms with Crippen molar-refractivity contribution in [2.24, 2.45) is 0 Å². The van der Waals surface area contributed by atoms with E-state index in [2.05, 4.69) is 10.3 Å². The number of amides is 1. The zero-order valence-corrected chi connectivity index (χ0v) is 11.4. The number of carbonyl (C=O) groups is 2. The fraction of sp³-hybridized carbons (Fsp3) is 0.364. The number of carbonyl (C=O) groups excluding carboxylic acids is 1. The monoisotopic (exact) mass is 282 g/mol. The van der Waals surface area contributed by atoms with Crippen LogP contribution in [0.5, 0.6) is 0 Å². The van der Waals surface area contributed by atoms with Crippen LogP contribution in [-0.2, 0) is 4.79 Å². The number of carboxylic acid groups (broad SMARTS) is 1. The summed E-state index contributed by atoms with van der Waals surface area (Å²) in [5, 5.41) is 13.6. The SMILES string of the molecule is CCN(CC(=O)NC)c1nc2sccn2c1C(=O)O. The van der Waals surface area contributed by atoms with Gasteiger partial charge in [-0.05, 0) is 6.92 Å². The number of aromatic carboxylic acids is 1. The van der Waals surface area contributed by atoms with E-state index in [9.17, 15) is 14.7 Å². The zero-order chi connectivity index (χ0) is 14.0. The Kier molecular flexibility index (Phi) is 3.70. The molecule has 0 saturated carbocycles.